The lowest BCUT2D eigenvalue weighted by molar-refractivity contribution is 0.669. The van der Waals surface area contributed by atoms with Crippen LogP contribution in [0.3, 0.4) is 0 Å². The molecule has 254 valence electrons. The summed E-state index contributed by atoms with van der Waals surface area (Å²) < 4.78 is 6.75. The molecule has 10 rings (SSSR count). The normalized spacial score (nSPS) is 11.3. The van der Waals surface area contributed by atoms with Crippen LogP contribution in [0.4, 0.5) is 17.1 Å². The zero-order chi connectivity index (χ0) is 35.8. The van der Waals surface area contributed by atoms with E-state index in [4.69, 9.17) is 4.42 Å². The first-order valence-corrected chi connectivity index (χ1v) is 18.4. The number of nitrogens with zero attached hydrogens (tertiary/aromatic N) is 1. The molecule has 1 aromatic heterocycles. The molecular weight excluding hydrogens is 655 g/mol. The zero-order valence-electron chi connectivity index (χ0n) is 29.6. The minimum Gasteiger partial charge on any atom is -0.454 e. The molecule has 0 aliphatic heterocycles. The monoisotopic (exact) mass is 689 g/mol. The van der Waals surface area contributed by atoms with Crippen LogP contribution in [0.2, 0.25) is 0 Å². The van der Waals surface area contributed by atoms with Gasteiger partial charge in [-0.3, -0.25) is 0 Å². The summed E-state index contributed by atoms with van der Waals surface area (Å²) in [4.78, 5) is 2.39. The van der Waals surface area contributed by atoms with Crippen LogP contribution in [-0.2, 0) is 0 Å². The Kier molecular flexibility index (Phi) is 7.85. The third-order valence-corrected chi connectivity index (χ3v) is 10.5. The van der Waals surface area contributed by atoms with Gasteiger partial charge in [0, 0.05) is 22.0 Å². The van der Waals surface area contributed by atoms with E-state index in [1.165, 1.54) is 33.0 Å². The molecule has 0 bridgehead atoms. The Morgan fingerprint density at radius 2 is 0.889 bits per heavy atom. The standard InChI is InChI=1S/C52H35NO/c1-4-17-36(18-5-1)43-32-31-41(35-48(43)38-21-8-3-9-22-38)53(50-29-16-27-46-45-26-13-15-30-51(45)54-52(46)50)49-28-14-12-25-44(49)40-33-39-23-10-11-24-42(39)47(34-40)37-19-6-2-7-20-37/h1-35H. The second kappa shape index (κ2) is 13.4. The maximum atomic E-state index is 6.75. The van der Waals surface area contributed by atoms with Crippen molar-refractivity contribution < 1.29 is 4.42 Å². The zero-order valence-corrected chi connectivity index (χ0v) is 29.6. The van der Waals surface area contributed by atoms with Gasteiger partial charge >= 0.3 is 0 Å². The first kappa shape index (κ1) is 31.6. The fourth-order valence-electron chi connectivity index (χ4n) is 7.95. The molecule has 0 aliphatic rings. The quantitative estimate of drug-likeness (QED) is 0.166. The summed E-state index contributed by atoms with van der Waals surface area (Å²) >= 11 is 0. The number of benzene rings is 9. The van der Waals surface area contributed by atoms with E-state index in [0.29, 0.717) is 0 Å². The molecule has 0 fully saturated rings. The number of hydrogen-bond donors (Lipinski definition) is 0. The maximum absolute atomic E-state index is 6.75. The van der Waals surface area contributed by atoms with E-state index in [1.54, 1.807) is 0 Å². The average Bonchev–Trinajstić information content (AvgIpc) is 3.64. The summed E-state index contributed by atoms with van der Waals surface area (Å²) in [5.41, 5.74) is 14.2. The number of rotatable bonds is 7. The van der Waals surface area contributed by atoms with E-state index in [9.17, 15) is 0 Å². The second-order valence-electron chi connectivity index (χ2n) is 13.7. The maximum Gasteiger partial charge on any atom is 0.159 e. The van der Waals surface area contributed by atoms with Crippen molar-refractivity contribution in [2.75, 3.05) is 4.90 Å². The van der Waals surface area contributed by atoms with Gasteiger partial charge in [0.15, 0.2) is 5.58 Å². The minimum atomic E-state index is 0.852. The van der Waals surface area contributed by atoms with Crippen LogP contribution in [0.5, 0.6) is 0 Å². The van der Waals surface area contributed by atoms with Gasteiger partial charge < -0.3 is 9.32 Å². The SMILES string of the molecule is c1ccc(-c2ccc(N(c3ccccc3-c3cc(-c4ccccc4)c4ccccc4c3)c3cccc4c3oc3ccccc34)cc2-c2ccccc2)cc1. The predicted molar refractivity (Wildman–Crippen MR) is 228 cm³/mol. The Morgan fingerprint density at radius 3 is 1.65 bits per heavy atom. The van der Waals surface area contributed by atoms with Crippen molar-refractivity contribution in [3.63, 3.8) is 0 Å². The molecule has 10 aromatic rings. The Morgan fingerprint density at radius 1 is 0.315 bits per heavy atom. The number of fused-ring (bicyclic) bond motifs is 4. The van der Waals surface area contributed by atoms with Gasteiger partial charge in [-0.25, -0.2) is 0 Å². The Hall–Kier alpha value is -7.16. The number of anilines is 3. The highest BCUT2D eigenvalue weighted by Gasteiger charge is 2.23. The van der Waals surface area contributed by atoms with Gasteiger partial charge in [-0.2, -0.15) is 0 Å². The van der Waals surface area contributed by atoms with E-state index < -0.39 is 0 Å². The first-order chi connectivity index (χ1) is 26.8. The summed E-state index contributed by atoms with van der Waals surface area (Å²) in [6, 6.07) is 75.9. The molecule has 1 heterocycles. The highest BCUT2D eigenvalue weighted by Crippen LogP contribution is 2.48. The molecule has 0 atom stereocenters. The Balaban J connectivity index is 1.26. The fraction of sp³-hybridized carbons (Fsp3) is 0. The third-order valence-electron chi connectivity index (χ3n) is 10.5. The van der Waals surface area contributed by atoms with Gasteiger partial charge in [0.05, 0.1) is 11.4 Å². The van der Waals surface area contributed by atoms with Crippen LogP contribution in [0, 0.1) is 0 Å². The Bertz CT molecular complexity index is 2930. The largest absolute Gasteiger partial charge is 0.454 e. The molecule has 0 spiro atoms. The average molecular weight is 690 g/mol. The third kappa shape index (κ3) is 5.53. The lowest BCUT2D eigenvalue weighted by atomic mass is 9.91. The summed E-state index contributed by atoms with van der Waals surface area (Å²) in [6.07, 6.45) is 0. The lowest BCUT2D eigenvalue weighted by Crippen LogP contribution is -2.12. The summed E-state index contributed by atoms with van der Waals surface area (Å²) in [7, 11) is 0. The van der Waals surface area contributed by atoms with Crippen molar-refractivity contribution in [2.45, 2.75) is 0 Å². The molecule has 0 radical (unpaired) electrons. The van der Waals surface area contributed by atoms with E-state index in [2.05, 4.69) is 211 Å². The van der Waals surface area contributed by atoms with Crippen molar-refractivity contribution in [2.24, 2.45) is 0 Å². The fourth-order valence-corrected chi connectivity index (χ4v) is 7.95. The van der Waals surface area contributed by atoms with Gasteiger partial charge in [-0.15, -0.1) is 0 Å². The first-order valence-electron chi connectivity index (χ1n) is 18.4. The molecule has 0 aliphatic carbocycles. The second-order valence-corrected chi connectivity index (χ2v) is 13.7. The van der Waals surface area contributed by atoms with Crippen molar-refractivity contribution >= 4 is 49.8 Å². The van der Waals surface area contributed by atoms with Crippen LogP contribution in [0.15, 0.2) is 217 Å². The molecule has 2 heteroatoms. The molecule has 9 aromatic carbocycles. The molecule has 2 nitrogen and oxygen atoms in total. The van der Waals surface area contributed by atoms with Crippen LogP contribution < -0.4 is 4.90 Å². The van der Waals surface area contributed by atoms with Gasteiger partial charge in [0.2, 0.25) is 0 Å². The predicted octanol–water partition coefficient (Wildman–Crippen LogP) is 14.9. The smallest absolute Gasteiger partial charge is 0.159 e. The van der Waals surface area contributed by atoms with E-state index in [1.807, 2.05) is 6.07 Å². The molecule has 0 unspecified atom stereocenters. The molecule has 0 N–H and O–H groups in total. The topological polar surface area (TPSA) is 16.4 Å². The number of furan rings is 1. The van der Waals surface area contributed by atoms with Crippen LogP contribution in [-0.4, -0.2) is 0 Å². The molecular formula is C52H35NO. The molecule has 54 heavy (non-hydrogen) atoms. The van der Waals surface area contributed by atoms with Gasteiger partial charge in [0.1, 0.15) is 5.58 Å². The van der Waals surface area contributed by atoms with Gasteiger partial charge in [-0.1, -0.05) is 170 Å². The summed E-state index contributed by atoms with van der Waals surface area (Å²) in [5.74, 6) is 0. The van der Waals surface area contributed by atoms with E-state index >= 15 is 0 Å². The highest BCUT2D eigenvalue weighted by molar-refractivity contribution is 6.11. The Labute approximate surface area is 314 Å². The van der Waals surface area contributed by atoms with Crippen molar-refractivity contribution in [3.8, 4) is 44.5 Å². The lowest BCUT2D eigenvalue weighted by Gasteiger charge is -2.29. The van der Waals surface area contributed by atoms with Crippen molar-refractivity contribution in [1.29, 1.82) is 0 Å². The number of hydrogen-bond acceptors (Lipinski definition) is 2. The van der Waals surface area contributed by atoms with Crippen molar-refractivity contribution in [3.05, 3.63) is 212 Å². The van der Waals surface area contributed by atoms with Crippen molar-refractivity contribution in [1.82, 2.24) is 0 Å². The molecule has 0 saturated carbocycles. The highest BCUT2D eigenvalue weighted by atomic mass is 16.3. The number of para-hydroxylation sites is 3. The van der Waals surface area contributed by atoms with Gasteiger partial charge in [0.25, 0.3) is 0 Å². The van der Waals surface area contributed by atoms with Gasteiger partial charge in [-0.05, 0) is 92.2 Å². The minimum absolute atomic E-state index is 0.852. The molecule has 0 saturated heterocycles. The molecule has 0 amide bonds. The van der Waals surface area contributed by atoms with E-state index in [0.717, 1.165) is 61.3 Å². The summed E-state index contributed by atoms with van der Waals surface area (Å²) in [5, 5.41) is 4.63. The van der Waals surface area contributed by atoms with Crippen LogP contribution >= 0.6 is 0 Å². The van der Waals surface area contributed by atoms with E-state index in [-0.39, 0.29) is 0 Å². The van der Waals surface area contributed by atoms with Crippen LogP contribution in [0.25, 0.3) is 77.2 Å². The summed E-state index contributed by atoms with van der Waals surface area (Å²) in [6.45, 7) is 0. The van der Waals surface area contributed by atoms with Crippen LogP contribution in [0.1, 0.15) is 0 Å².